The number of amides is 1. The summed E-state index contributed by atoms with van der Waals surface area (Å²) in [5.74, 6) is 0.363. The topological polar surface area (TPSA) is 72.2 Å². The van der Waals surface area contributed by atoms with Crippen LogP contribution in [0.15, 0.2) is 30.3 Å². The second-order valence-corrected chi connectivity index (χ2v) is 4.61. The van der Waals surface area contributed by atoms with Gasteiger partial charge in [-0.3, -0.25) is 14.9 Å². The molecule has 1 N–H and O–H groups in total. The monoisotopic (exact) mass is 276 g/mol. The van der Waals surface area contributed by atoms with E-state index in [4.69, 9.17) is 0 Å². The number of hydrogen-bond acceptors (Lipinski definition) is 3. The maximum Gasteiger partial charge on any atom is 0.269 e. The molecule has 0 spiro atoms. The molecule has 0 saturated heterocycles. The first-order valence-electron chi connectivity index (χ1n) is 6.77. The summed E-state index contributed by atoms with van der Waals surface area (Å²) in [4.78, 5) is 21.7. The average Bonchev–Trinajstić information content (AvgIpc) is 2.46. The zero-order valence-corrected chi connectivity index (χ0v) is 11.8. The highest BCUT2D eigenvalue weighted by molar-refractivity contribution is 5.91. The van der Waals surface area contributed by atoms with Crippen molar-refractivity contribution in [2.75, 3.05) is 6.54 Å². The molecular weight excluding hydrogens is 256 g/mol. The molecular formula is C15H20N2O3. The van der Waals surface area contributed by atoms with E-state index in [2.05, 4.69) is 19.2 Å². The lowest BCUT2D eigenvalue weighted by Crippen LogP contribution is -2.27. The largest absolute Gasteiger partial charge is 0.352 e. The van der Waals surface area contributed by atoms with Crippen LogP contribution < -0.4 is 5.32 Å². The molecule has 0 aliphatic carbocycles. The van der Waals surface area contributed by atoms with Crippen molar-refractivity contribution in [3.8, 4) is 0 Å². The quantitative estimate of drug-likeness (QED) is 0.472. The number of carbonyl (C=O) groups is 1. The van der Waals surface area contributed by atoms with Crippen molar-refractivity contribution in [1.82, 2.24) is 5.32 Å². The Morgan fingerprint density at radius 3 is 2.40 bits per heavy atom. The number of nitrogens with zero attached hydrogens (tertiary/aromatic N) is 1. The summed E-state index contributed by atoms with van der Waals surface area (Å²) < 4.78 is 0. The molecule has 0 heterocycles. The molecule has 0 unspecified atom stereocenters. The van der Waals surface area contributed by atoms with Crippen molar-refractivity contribution in [1.29, 1.82) is 0 Å². The Kier molecular flexibility index (Phi) is 6.43. The van der Waals surface area contributed by atoms with Crippen molar-refractivity contribution in [3.63, 3.8) is 0 Å². The van der Waals surface area contributed by atoms with Crippen LogP contribution in [0.3, 0.4) is 0 Å². The molecule has 0 saturated carbocycles. The first-order chi connectivity index (χ1) is 9.56. The number of nitro groups is 1. The summed E-state index contributed by atoms with van der Waals surface area (Å²) in [5.41, 5.74) is 0.800. The van der Waals surface area contributed by atoms with E-state index in [0.717, 1.165) is 18.4 Å². The molecule has 108 valence electrons. The van der Waals surface area contributed by atoms with Crippen LogP contribution in [0.1, 0.15) is 32.3 Å². The smallest absolute Gasteiger partial charge is 0.269 e. The highest BCUT2D eigenvalue weighted by Crippen LogP contribution is 2.12. The fraction of sp³-hybridized carbons (Fsp3) is 0.400. The van der Waals surface area contributed by atoms with Gasteiger partial charge in [0.1, 0.15) is 0 Å². The average molecular weight is 276 g/mol. The lowest BCUT2D eigenvalue weighted by atomic mass is 10.0. The molecule has 5 nitrogen and oxygen atoms in total. The minimum absolute atomic E-state index is 0.0420. The molecule has 0 atom stereocenters. The standard InChI is InChI=1S/C15H20N2O3/c1-3-12(4-2)11-16-15(18)10-7-13-5-8-14(9-6-13)17(19)20/h5-10,12H,3-4,11H2,1-2H3,(H,16,18)/b10-7+. The van der Waals surface area contributed by atoms with Gasteiger partial charge in [0.05, 0.1) is 4.92 Å². The third-order valence-corrected chi connectivity index (χ3v) is 3.25. The van der Waals surface area contributed by atoms with E-state index in [1.807, 2.05) is 0 Å². The number of carbonyl (C=O) groups excluding carboxylic acids is 1. The van der Waals surface area contributed by atoms with Crippen molar-refractivity contribution < 1.29 is 9.72 Å². The van der Waals surface area contributed by atoms with Gasteiger partial charge in [0.25, 0.3) is 5.69 Å². The van der Waals surface area contributed by atoms with E-state index in [1.54, 1.807) is 18.2 Å². The molecule has 0 fully saturated rings. The summed E-state index contributed by atoms with van der Waals surface area (Å²) >= 11 is 0. The Labute approximate surface area is 118 Å². The van der Waals surface area contributed by atoms with Crippen molar-refractivity contribution in [2.45, 2.75) is 26.7 Å². The third kappa shape index (κ3) is 5.22. The van der Waals surface area contributed by atoms with Crippen LogP contribution in [0.25, 0.3) is 6.08 Å². The second kappa shape index (κ2) is 8.09. The van der Waals surface area contributed by atoms with Gasteiger partial charge in [-0.15, -0.1) is 0 Å². The summed E-state index contributed by atoms with van der Waals surface area (Å²) in [5, 5.41) is 13.4. The highest BCUT2D eigenvalue weighted by atomic mass is 16.6. The van der Waals surface area contributed by atoms with Gasteiger partial charge in [-0.1, -0.05) is 26.7 Å². The maximum absolute atomic E-state index is 11.6. The van der Waals surface area contributed by atoms with Gasteiger partial charge in [-0.25, -0.2) is 0 Å². The lowest BCUT2D eigenvalue weighted by Gasteiger charge is -2.11. The van der Waals surface area contributed by atoms with Gasteiger partial charge in [0, 0.05) is 24.8 Å². The predicted molar refractivity (Wildman–Crippen MR) is 79.2 cm³/mol. The molecule has 5 heteroatoms. The molecule has 0 aliphatic rings. The Morgan fingerprint density at radius 1 is 1.30 bits per heavy atom. The molecule has 0 aromatic heterocycles. The second-order valence-electron chi connectivity index (χ2n) is 4.61. The van der Waals surface area contributed by atoms with Crippen molar-refractivity contribution >= 4 is 17.7 Å². The van der Waals surface area contributed by atoms with Gasteiger partial charge in [-0.05, 0) is 29.7 Å². The molecule has 1 aromatic carbocycles. The summed E-state index contributed by atoms with van der Waals surface area (Å²) in [6, 6.07) is 6.06. The van der Waals surface area contributed by atoms with Crippen LogP contribution in [0, 0.1) is 16.0 Å². The summed E-state index contributed by atoms with van der Waals surface area (Å²) in [7, 11) is 0. The van der Waals surface area contributed by atoms with E-state index in [0.29, 0.717) is 12.5 Å². The minimum atomic E-state index is -0.449. The molecule has 1 rings (SSSR count). The maximum atomic E-state index is 11.6. The molecule has 1 amide bonds. The molecule has 0 bridgehead atoms. The van der Waals surface area contributed by atoms with Gasteiger partial charge >= 0.3 is 0 Å². The van der Waals surface area contributed by atoms with Gasteiger partial charge < -0.3 is 5.32 Å². The van der Waals surface area contributed by atoms with Crippen LogP contribution in [-0.2, 0) is 4.79 Å². The number of non-ortho nitro benzene ring substituents is 1. The Hall–Kier alpha value is -2.17. The molecule has 0 aliphatic heterocycles. The lowest BCUT2D eigenvalue weighted by molar-refractivity contribution is -0.384. The summed E-state index contributed by atoms with van der Waals surface area (Å²) in [6.45, 7) is 4.89. The zero-order chi connectivity index (χ0) is 15.0. The Morgan fingerprint density at radius 2 is 1.90 bits per heavy atom. The fourth-order valence-corrected chi connectivity index (χ4v) is 1.76. The highest BCUT2D eigenvalue weighted by Gasteiger charge is 2.05. The van der Waals surface area contributed by atoms with Crippen LogP contribution >= 0.6 is 0 Å². The number of nitro benzene ring substituents is 1. The number of rotatable bonds is 7. The first-order valence-corrected chi connectivity index (χ1v) is 6.77. The Bertz CT molecular complexity index is 476. The van der Waals surface area contributed by atoms with E-state index in [9.17, 15) is 14.9 Å². The number of hydrogen-bond donors (Lipinski definition) is 1. The van der Waals surface area contributed by atoms with Gasteiger partial charge in [0.2, 0.25) is 5.91 Å². The predicted octanol–water partition coefficient (Wildman–Crippen LogP) is 3.16. The minimum Gasteiger partial charge on any atom is -0.352 e. The van der Waals surface area contributed by atoms with Crippen LogP contribution in [0.2, 0.25) is 0 Å². The van der Waals surface area contributed by atoms with Gasteiger partial charge in [-0.2, -0.15) is 0 Å². The van der Waals surface area contributed by atoms with E-state index < -0.39 is 4.92 Å². The molecule has 1 aromatic rings. The molecule has 20 heavy (non-hydrogen) atoms. The number of benzene rings is 1. The van der Waals surface area contributed by atoms with Crippen molar-refractivity contribution in [2.24, 2.45) is 5.92 Å². The molecule has 0 radical (unpaired) electrons. The summed E-state index contributed by atoms with van der Waals surface area (Å²) in [6.07, 6.45) is 5.18. The van der Waals surface area contributed by atoms with Crippen LogP contribution in [0.5, 0.6) is 0 Å². The Balaban J connectivity index is 2.50. The van der Waals surface area contributed by atoms with Gasteiger partial charge in [0.15, 0.2) is 0 Å². The van der Waals surface area contributed by atoms with Crippen molar-refractivity contribution in [3.05, 3.63) is 46.0 Å². The zero-order valence-electron chi connectivity index (χ0n) is 11.8. The third-order valence-electron chi connectivity index (χ3n) is 3.25. The number of nitrogens with one attached hydrogen (secondary N) is 1. The fourth-order valence-electron chi connectivity index (χ4n) is 1.76. The van der Waals surface area contributed by atoms with E-state index in [1.165, 1.54) is 18.2 Å². The SMILES string of the molecule is CCC(CC)CNC(=O)/C=C/c1ccc([N+](=O)[O-])cc1. The normalized spacial score (nSPS) is 10.9. The van der Waals surface area contributed by atoms with Crippen LogP contribution in [-0.4, -0.2) is 17.4 Å². The van der Waals surface area contributed by atoms with E-state index >= 15 is 0 Å². The van der Waals surface area contributed by atoms with Crippen LogP contribution in [0.4, 0.5) is 5.69 Å². The van der Waals surface area contributed by atoms with E-state index in [-0.39, 0.29) is 11.6 Å². The first kappa shape index (κ1) is 15.9.